The molecule has 4 rings (SSSR count). The zero-order valence-electron chi connectivity index (χ0n) is 21.1. The summed E-state index contributed by atoms with van der Waals surface area (Å²) in [5.74, 6) is 1.46. The first-order valence-corrected chi connectivity index (χ1v) is 12.4. The Balaban J connectivity index is 1.63. The van der Waals surface area contributed by atoms with E-state index < -0.39 is 0 Å². The molecule has 1 aliphatic heterocycles. The standard InChI is InChI=1S/C29H35N3O4/c1-34-27-14-15-28(35-2)24(22-27)23-31(17-9-16-30-18-20-36-21-19-30)29(33)32(25-10-5-3-6-11-25)26-12-7-4-8-13-26/h3-8,10-15,22H,9,16-21,23H2,1-2H3. The van der Waals surface area contributed by atoms with Crippen LogP contribution in [-0.4, -0.2) is 69.4 Å². The highest BCUT2D eigenvalue weighted by Crippen LogP contribution is 2.29. The average molecular weight is 490 g/mol. The van der Waals surface area contributed by atoms with Crippen LogP contribution in [0, 0.1) is 0 Å². The second-order valence-electron chi connectivity index (χ2n) is 8.70. The Morgan fingerprint density at radius 3 is 2.11 bits per heavy atom. The van der Waals surface area contributed by atoms with Crippen LogP contribution >= 0.6 is 0 Å². The number of carbonyl (C=O) groups is 1. The van der Waals surface area contributed by atoms with Crippen molar-refractivity contribution in [2.75, 3.05) is 58.5 Å². The van der Waals surface area contributed by atoms with E-state index in [0.29, 0.717) is 13.1 Å². The highest BCUT2D eigenvalue weighted by Gasteiger charge is 2.25. The SMILES string of the molecule is COc1ccc(OC)c(CN(CCCN2CCOCC2)C(=O)N(c2ccccc2)c2ccccc2)c1. The van der Waals surface area contributed by atoms with Crippen LogP contribution in [-0.2, 0) is 11.3 Å². The zero-order valence-corrected chi connectivity index (χ0v) is 21.1. The summed E-state index contributed by atoms with van der Waals surface area (Å²) in [4.78, 5) is 20.3. The fraction of sp³-hybridized carbons (Fsp3) is 0.345. The smallest absolute Gasteiger partial charge is 0.329 e. The number of hydrogen-bond donors (Lipinski definition) is 0. The predicted octanol–water partition coefficient (Wildman–Crippen LogP) is 5.19. The first-order chi connectivity index (χ1) is 17.7. The number of para-hydroxylation sites is 2. The molecule has 0 radical (unpaired) electrons. The lowest BCUT2D eigenvalue weighted by Crippen LogP contribution is -2.43. The topological polar surface area (TPSA) is 54.5 Å². The number of urea groups is 1. The fourth-order valence-corrected chi connectivity index (χ4v) is 4.43. The number of hydrogen-bond acceptors (Lipinski definition) is 5. The van der Waals surface area contributed by atoms with Gasteiger partial charge in [-0.3, -0.25) is 9.80 Å². The fourth-order valence-electron chi connectivity index (χ4n) is 4.43. The van der Waals surface area contributed by atoms with Gasteiger partial charge < -0.3 is 19.1 Å². The molecular formula is C29H35N3O4. The predicted molar refractivity (Wildman–Crippen MR) is 142 cm³/mol. The Morgan fingerprint density at radius 2 is 1.53 bits per heavy atom. The van der Waals surface area contributed by atoms with Crippen molar-refractivity contribution in [1.29, 1.82) is 0 Å². The molecule has 0 bridgehead atoms. The molecule has 0 N–H and O–H groups in total. The lowest BCUT2D eigenvalue weighted by Gasteiger charge is -2.32. The molecule has 1 saturated heterocycles. The summed E-state index contributed by atoms with van der Waals surface area (Å²) >= 11 is 0. The van der Waals surface area contributed by atoms with Crippen molar-refractivity contribution in [1.82, 2.24) is 9.80 Å². The van der Waals surface area contributed by atoms with Gasteiger partial charge in [0.2, 0.25) is 0 Å². The minimum atomic E-state index is -0.0840. The maximum atomic E-state index is 14.2. The maximum absolute atomic E-state index is 14.2. The molecule has 1 fully saturated rings. The average Bonchev–Trinajstić information content (AvgIpc) is 2.94. The first-order valence-electron chi connectivity index (χ1n) is 12.4. The summed E-state index contributed by atoms with van der Waals surface area (Å²) in [6.45, 7) is 5.30. The molecule has 190 valence electrons. The molecule has 0 spiro atoms. The van der Waals surface area contributed by atoms with Crippen LogP contribution in [0.2, 0.25) is 0 Å². The van der Waals surface area contributed by atoms with Crippen LogP contribution in [0.5, 0.6) is 11.5 Å². The normalized spacial score (nSPS) is 13.7. The molecule has 1 aliphatic rings. The number of morpholine rings is 1. The molecule has 0 saturated carbocycles. The van der Waals surface area contributed by atoms with E-state index >= 15 is 0 Å². The second-order valence-corrected chi connectivity index (χ2v) is 8.70. The van der Waals surface area contributed by atoms with Gasteiger partial charge in [0.15, 0.2) is 0 Å². The number of rotatable bonds is 10. The van der Waals surface area contributed by atoms with Gasteiger partial charge in [-0.15, -0.1) is 0 Å². The van der Waals surface area contributed by atoms with Crippen molar-refractivity contribution < 1.29 is 19.0 Å². The molecule has 0 unspecified atom stereocenters. The van der Waals surface area contributed by atoms with E-state index in [0.717, 1.165) is 67.7 Å². The summed E-state index contributed by atoms with van der Waals surface area (Å²) in [7, 11) is 3.29. The quantitative estimate of drug-likeness (QED) is 0.393. The van der Waals surface area contributed by atoms with E-state index in [-0.39, 0.29) is 6.03 Å². The number of nitrogens with zero attached hydrogens (tertiary/aromatic N) is 3. The minimum absolute atomic E-state index is 0.0840. The van der Waals surface area contributed by atoms with Gasteiger partial charge in [0.25, 0.3) is 0 Å². The Morgan fingerprint density at radius 1 is 0.889 bits per heavy atom. The number of carbonyl (C=O) groups excluding carboxylic acids is 1. The van der Waals surface area contributed by atoms with Gasteiger partial charge in [-0.25, -0.2) is 4.79 Å². The van der Waals surface area contributed by atoms with Gasteiger partial charge >= 0.3 is 6.03 Å². The summed E-state index contributed by atoms with van der Waals surface area (Å²) in [6, 6.07) is 25.2. The van der Waals surface area contributed by atoms with Gasteiger partial charge in [-0.2, -0.15) is 0 Å². The van der Waals surface area contributed by atoms with Gasteiger partial charge in [0.1, 0.15) is 11.5 Å². The summed E-state index contributed by atoms with van der Waals surface area (Å²) in [6.07, 6.45) is 0.857. The van der Waals surface area contributed by atoms with E-state index in [1.807, 2.05) is 83.8 Å². The van der Waals surface area contributed by atoms with E-state index in [1.54, 1.807) is 19.1 Å². The monoisotopic (exact) mass is 489 g/mol. The maximum Gasteiger partial charge on any atom is 0.329 e. The number of methoxy groups -OCH3 is 2. The Hall–Kier alpha value is -3.55. The third-order valence-corrected chi connectivity index (χ3v) is 6.35. The van der Waals surface area contributed by atoms with Crippen LogP contribution in [0.3, 0.4) is 0 Å². The van der Waals surface area contributed by atoms with Crippen molar-refractivity contribution in [3.8, 4) is 11.5 Å². The van der Waals surface area contributed by atoms with Gasteiger partial charge in [-0.05, 0) is 48.9 Å². The third-order valence-electron chi connectivity index (χ3n) is 6.35. The van der Waals surface area contributed by atoms with E-state index in [4.69, 9.17) is 14.2 Å². The van der Waals surface area contributed by atoms with Gasteiger partial charge in [0.05, 0.1) is 45.4 Å². The summed E-state index contributed by atoms with van der Waals surface area (Å²) in [5.41, 5.74) is 2.55. The molecule has 0 aromatic heterocycles. The van der Waals surface area contributed by atoms with E-state index in [2.05, 4.69) is 4.90 Å². The summed E-state index contributed by atoms with van der Waals surface area (Å²) < 4.78 is 16.6. The van der Waals surface area contributed by atoms with Crippen molar-refractivity contribution in [2.24, 2.45) is 0 Å². The Bertz CT molecular complexity index is 1050. The van der Waals surface area contributed by atoms with Crippen molar-refractivity contribution in [3.05, 3.63) is 84.4 Å². The molecular weight excluding hydrogens is 454 g/mol. The Kier molecular flexibility index (Phi) is 9.19. The van der Waals surface area contributed by atoms with Crippen LogP contribution in [0.25, 0.3) is 0 Å². The van der Waals surface area contributed by atoms with Crippen LogP contribution in [0.4, 0.5) is 16.2 Å². The van der Waals surface area contributed by atoms with Crippen molar-refractivity contribution in [3.63, 3.8) is 0 Å². The van der Waals surface area contributed by atoms with Crippen LogP contribution < -0.4 is 14.4 Å². The molecule has 0 aliphatic carbocycles. The molecule has 3 aromatic rings. The molecule has 7 nitrogen and oxygen atoms in total. The van der Waals surface area contributed by atoms with Gasteiger partial charge in [-0.1, -0.05) is 36.4 Å². The summed E-state index contributed by atoms with van der Waals surface area (Å²) in [5, 5.41) is 0. The number of anilines is 2. The highest BCUT2D eigenvalue weighted by molar-refractivity contribution is 5.99. The lowest BCUT2D eigenvalue weighted by atomic mass is 10.1. The molecule has 0 atom stereocenters. The van der Waals surface area contributed by atoms with E-state index in [1.165, 1.54) is 0 Å². The molecule has 3 aromatic carbocycles. The molecule has 36 heavy (non-hydrogen) atoms. The third kappa shape index (κ3) is 6.56. The van der Waals surface area contributed by atoms with Crippen molar-refractivity contribution in [2.45, 2.75) is 13.0 Å². The second kappa shape index (κ2) is 13.0. The van der Waals surface area contributed by atoms with E-state index in [9.17, 15) is 4.79 Å². The molecule has 2 amide bonds. The molecule has 1 heterocycles. The van der Waals surface area contributed by atoms with Crippen LogP contribution in [0.15, 0.2) is 78.9 Å². The first kappa shape index (κ1) is 25.5. The number of benzene rings is 3. The highest BCUT2D eigenvalue weighted by atomic mass is 16.5. The van der Waals surface area contributed by atoms with Gasteiger partial charge in [0, 0.05) is 31.7 Å². The number of ether oxygens (including phenoxy) is 3. The zero-order chi connectivity index (χ0) is 25.2. The minimum Gasteiger partial charge on any atom is -0.497 e. The lowest BCUT2D eigenvalue weighted by molar-refractivity contribution is 0.0365. The van der Waals surface area contributed by atoms with Crippen LogP contribution in [0.1, 0.15) is 12.0 Å². The largest absolute Gasteiger partial charge is 0.497 e. The molecule has 7 heteroatoms. The van der Waals surface area contributed by atoms with Crippen molar-refractivity contribution >= 4 is 17.4 Å². The Labute approximate surface area is 213 Å². The number of amides is 2.